The Labute approximate surface area is 108 Å². The van der Waals surface area contributed by atoms with Gasteiger partial charge in [-0.1, -0.05) is 34.1 Å². The Balaban J connectivity index is 2.11. The highest BCUT2D eigenvalue weighted by molar-refractivity contribution is 9.10. The molecule has 0 nitrogen and oxygen atoms in total. The quantitative estimate of drug-likeness (QED) is 0.504. The van der Waals surface area contributed by atoms with Crippen molar-refractivity contribution in [2.45, 2.75) is 6.42 Å². The number of benzene rings is 2. The fourth-order valence-electron chi connectivity index (χ4n) is 1.82. The first kappa shape index (κ1) is 9.85. The Bertz CT molecular complexity index is 520. The van der Waals surface area contributed by atoms with E-state index in [4.69, 9.17) is 0 Å². The van der Waals surface area contributed by atoms with E-state index in [1.54, 1.807) is 7.14 Å². The second-order valence-corrected chi connectivity index (χ2v) is 7.38. The number of hydrogen-bond donors (Lipinski definition) is 0. The molecule has 1 aliphatic heterocycles. The molecule has 0 bridgehead atoms. The van der Waals surface area contributed by atoms with E-state index in [9.17, 15) is 0 Å². The third-order valence-electron chi connectivity index (χ3n) is 2.55. The van der Waals surface area contributed by atoms with Crippen molar-refractivity contribution in [3.05, 3.63) is 65.2 Å². The monoisotopic (exact) mass is 371 g/mol. The third-order valence-corrected chi connectivity index (χ3v) is 6.31. The molecule has 2 heteroatoms. The normalized spacial score (nSPS) is 13.1. The van der Waals surface area contributed by atoms with E-state index in [1.807, 2.05) is 0 Å². The summed E-state index contributed by atoms with van der Waals surface area (Å²) >= 11 is 3.58. The van der Waals surface area contributed by atoms with Gasteiger partial charge in [0.05, 0.1) is 0 Å². The van der Waals surface area contributed by atoms with E-state index in [2.05, 4.69) is 58.4 Å². The summed E-state index contributed by atoms with van der Waals surface area (Å²) in [6.07, 6.45) is 1.10. The first-order valence-corrected chi connectivity index (χ1v) is 7.79. The molecule has 2 aromatic rings. The number of fused-ring (bicyclic) bond motifs is 2. The first-order valence-electron chi connectivity index (χ1n) is 4.84. The van der Waals surface area contributed by atoms with Crippen LogP contribution in [0.4, 0.5) is 0 Å². The Morgan fingerprint density at radius 3 is 2.67 bits per heavy atom. The molecule has 0 radical (unpaired) electrons. The topological polar surface area (TPSA) is 0 Å². The summed E-state index contributed by atoms with van der Waals surface area (Å²) in [7, 11) is 0. The SMILES string of the molecule is Brc1ccc2c(c1)Cc1ccccc1[I+]2. The van der Waals surface area contributed by atoms with E-state index >= 15 is 0 Å². The molecule has 15 heavy (non-hydrogen) atoms. The van der Waals surface area contributed by atoms with Crippen LogP contribution in [0, 0.1) is 7.14 Å². The van der Waals surface area contributed by atoms with Gasteiger partial charge in [0.1, 0.15) is 0 Å². The maximum atomic E-state index is 3.54. The highest BCUT2D eigenvalue weighted by atomic mass is 127. The summed E-state index contributed by atoms with van der Waals surface area (Å²) in [6.45, 7) is 0. The van der Waals surface area contributed by atoms with E-state index in [-0.39, 0.29) is 21.2 Å². The van der Waals surface area contributed by atoms with Crippen molar-refractivity contribution in [2.75, 3.05) is 0 Å². The number of halogens is 2. The second-order valence-electron chi connectivity index (χ2n) is 3.60. The van der Waals surface area contributed by atoms with E-state index in [0.29, 0.717) is 0 Å². The van der Waals surface area contributed by atoms with Gasteiger partial charge in [-0.15, -0.1) is 0 Å². The number of hydrogen-bond acceptors (Lipinski definition) is 0. The minimum Gasteiger partial charge on any atom is -0.0617 e. The lowest BCUT2D eigenvalue weighted by Gasteiger charge is -2.08. The van der Waals surface area contributed by atoms with Crippen molar-refractivity contribution in [1.29, 1.82) is 0 Å². The molecule has 1 heterocycles. The maximum Gasteiger partial charge on any atom is 0.358 e. The minimum absolute atomic E-state index is 0.0417. The van der Waals surface area contributed by atoms with E-state index in [1.165, 1.54) is 15.6 Å². The molecule has 0 saturated heterocycles. The lowest BCUT2D eigenvalue weighted by atomic mass is 10.1. The minimum atomic E-state index is 0.0417. The van der Waals surface area contributed by atoms with Gasteiger partial charge in [0, 0.05) is 22.0 Å². The molecule has 0 atom stereocenters. The molecule has 0 aromatic heterocycles. The van der Waals surface area contributed by atoms with Crippen molar-refractivity contribution in [3.63, 3.8) is 0 Å². The standard InChI is InChI=1S/C13H9BrI/c14-11-5-6-13-10(8-11)7-9-3-1-2-4-12(9)15-13/h1-6,8H,7H2/q+1. The van der Waals surface area contributed by atoms with Crippen molar-refractivity contribution in [3.8, 4) is 0 Å². The second kappa shape index (κ2) is 3.91. The van der Waals surface area contributed by atoms with Crippen LogP contribution in [0.5, 0.6) is 0 Å². The molecular weight excluding hydrogens is 363 g/mol. The van der Waals surface area contributed by atoms with Crippen LogP contribution >= 0.6 is 15.9 Å². The van der Waals surface area contributed by atoms with Gasteiger partial charge in [0.15, 0.2) is 7.14 Å². The fourth-order valence-corrected chi connectivity index (χ4v) is 5.01. The fraction of sp³-hybridized carbons (Fsp3) is 0.0769. The lowest BCUT2D eigenvalue weighted by molar-refractivity contribution is -0.601. The average Bonchev–Trinajstić information content (AvgIpc) is 2.26. The molecule has 3 rings (SSSR count). The zero-order valence-corrected chi connectivity index (χ0v) is 11.7. The third kappa shape index (κ3) is 1.85. The summed E-state index contributed by atoms with van der Waals surface area (Å²) in [5.41, 5.74) is 3.03. The van der Waals surface area contributed by atoms with Crippen LogP contribution in [-0.4, -0.2) is 0 Å². The van der Waals surface area contributed by atoms with Gasteiger partial charge < -0.3 is 0 Å². The van der Waals surface area contributed by atoms with Crippen LogP contribution in [0.3, 0.4) is 0 Å². The Hall–Kier alpha value is -0.350. The van der Waals surface area contributed by atoms with Crippen LogP contribution in [0.1, 0.15) is 11.1 Å². The van der Waals surface area contributed by atoms with Crippen molar-refractivity contribution >= 4 is 15.9 Å². The van der Waals surface area contributed by atoms with Gasteiger partial charge in [-0.05, 0) is 24.3 Å². The van der Waals surface area contributed by atoms with Crippen LogP contribution < -0.4 is 21.2 Å². The highest BCUT2D eigenvalue weighted by Crippen LogP contribution is 2.17. The molecule has 0 amide bonds. The van der Waals surface area contributed by atoms with Gasteiger partial charge in [-0.3, -0.25) is 0 Å². The Morgan fingerprint density at radius 1 is 0.933 bits per heavy atom. The first-order chi connectivity index (χ1) is 7.33. The Morgan fingerprint density at radius 2 is 1.73 bits per heavy atom. The van der Waals surface area contributed by atoms with Crippen molar-refractivity contribution in [2.24, 2.45) is 0 Å². The van der Waals surface area contributed by atoms with Gasteiger partial charge in [0.25, 0.3) is 0 Å². The smallest absolute Gasteiger partial charge is 0.0617 e. The molecule has 0 fully saturated rings. The molecular formula is C13H9BrI+. The molecule has 0 N–H and O–H groups in total. The highest BCUT2D eigenvalue weighted by Gasteiger charge is 2.28. The molecule has 1 aliphatic rings. The van der Waals surface area contributed by atoms with Gasteiger partial charge in [-0.2, -0.15) is 0 Å². The summed E-state index contributed by atoms with van der Waals surface area (Å²) in [4.78, 5) is 0. The molecule has 0 unspecified atom stereocenters. The number of rotatable bonds is 0. The van der Waals surface area contributed by atoms with Crippen LogP contribution in [0.2, 0.25) is 0 Å². The molecule has 74 valence electrons. The zero-order valence-electron chi connectivity index (χ0n) is 8.00. The summed E-state index contributed by atoms with van der Waals surface area (Å²) in [5.74, 6) is 0. The molecule has 0 saturated carbocycles. The van der Waals surface area contributed by atoms with Gasteiger partial charge >= 0.3 is 21.2 Å². The largest absolute Gasteiger partial charge is 0.358 e. The van der Waals surface area contributed by atoms with E-state index in [0.717, 1.165) is 6.42 Å². The summed E-state index contributed by atoms with van der Waals surface area (Å²) in [5, 5.41) is 0. The average molecular weight is 372 g/mol. The lowest BCUT2D eigenvalue weighted by Crippen LogP contribution is -3.62. The maximum absolute atomic E-state index is 3.54. The van der Waals surface area contributed by atoms with Crippen LogP contribution in [-0.2, 0) is 6.42 Å². The van der Waals surface area contributed by atoms with Crippen LogP contribution in [0.15, 0.2) is 46.9 Å². The molecule has 0 spiro atoms. The molecule has 0 aliphatic carbocycles. The summed E-state index contributed by atoms with van der Waals surface area (Å²) < 4.78 is 4.37. The van der Waals surface area contributed by atoms with Gasteiger partial charge in [0.2, 0.25) is 0 Å². The van der Waals surface area contributed by atoms with E-state index < -0.39 is 0 Å². The van der Waals surface area contributed by atoms with Crippen molar-refractivity contribution in [1.82, 2.24) is 0 Å². The summed E-state index contributed by atoms with van der Waals surface area (Å²) in [6, 6.07) is 15.6. The Kier molecular flexibility index (Phi) is 2.56. The zero-order chi connectivity index (χ0) is 10.3. The van der Waals surface area contributed by atoms with Crippen molar-refractivity contribution < 1.29 is 21.2 Å². The predicted molar refractivity (Wildman–Crippen MR) is 60.8 cm³/mol. The predicted octanol–water partition coefficient (Wildman–Crippen LogP) is 0.482. The molecule has 2 aromatic carbocycles. The van der Waals surface area contributed by atoms with Crippen LogP contribution in [0.25, 0.3) is 0 Å². The van der Waals surface area contributed by atoms with Gasteiger partial charge in [-0.25, -0.2) is 0 Å².